The molecule has 20 heavy (non-hydrogen) atoms. The number of hydrogen-bond acceptors (Lipinski definition) is 2. The van der Waals surface area contributed by atoms with Crippen molar-refractivity contribution in [3.05, 3.63) is 11.1 Å². The highest BCUT2D eigenvalue weighted by atomic mass is 35.5. The van der Waals surface area contributed by atoms with E-state index in [4.69, 9.17) is 11.6 Å². The molecule has 4 heteroatoms. The molecule has 0 N–H and O–H groups in total. The summed E-state index contributed by atoms with van der Waals surface area (Å²) < 4.78 is 2.23. The van der Waals surface area contributed by atoms with Crippen molar-refractivity contribution in [2.24, 2.45) is 23.2 Å². The van der Waals surface area contributed by atoms with Gasteiger partial charge in [-0.2, -0.15) is 0 Å². The van der Waals surface area contributed by atoms with Gasteiger partial charge in [-0.25, -0.2) is 0 Å². The van der Waals surface area contributed by atoms with Crippen LogP contribution in [0, 0.1) is 23.2 Å². The second-order valence-corrected chi connectivity index (χ2v) is 7.90. The van der Waals surface area contributed by atoms with E-state index in [0.717, 1.165) is 30.0 Å². The van der Waals surface area contributed by atoms with E-state index in [1.165, 1.54) is 38.5 Å². The monoisotopic (exact) mass is 293 g/mol. The third-order valence-corrected chi connectivity index (χ3v) is 6.66. The standard InChI is InChI=1S/C16H24ClN3/c1-3-14-18-19-15(17)20(14)10(2)16-7-11-4-12(8-16)6-13(5-11)9-16/h10-13H,3-9H2,1-2H3. The van der Waals surface area contributed by atoms with Crippen molar-refractivity contribution >= 4 is 11.6 Å². The minimum absolute atomic E-state index is 0.452. The van der Waals surface area contributed by atoms with Crippen LogP contribution < -0.4 is 0 Å². The van der Waals surface area contributed by atoms with E-state index in [1.54, 1.807) is 0 Å². The number of aryl methyl sites for hydroxylation is 1. The molecule has 1 aromatic heterocycles. The van der Waals surface area contributed by atoms with Crippen molar-refractivity contribution < 1.29 is 0 Å². The van der Waals surface area contributed by atoms with E-state index >= 15 is 0 Å². The van der Waals surface area contributed by atoms with Crippen LogP contribution in [0.4, 0.5) is 0 Å². The molecule has 110 valence electrons. The maximum Gasteiger partial charge on any atom is 0.225 e. The first-order chi connectivity index (χ1) is 9.61. The summed E-state index contributed by atoms with van der Waals surface area (Å²) in [6, 6.07) is 0.452. The molecule has 4 saturated carbocycles. The van der Waals surface area contributed by atoms with Crippen molar-refractivity contribution in [3.63, 3.8) is 0 Å². The highest BCUT2D eigenvalue weighted by molar-refractivity contribution is 6.28. The summed E-state index contributed by atoms with van der Waals surface area (Å²) >= 11 is 6.35. The van der Waals surface area contributed by atoms with Gasteiger partial charge in [0.2, 0.25) is 5.28 Å². The van der Waals surface area contributed by atoms with E-state index in [1.807, 2.05) is 0 Å². The van der Waals surface area contributed by atoms with E-state index in [9.17, 15) is 0 Å². The van der Waals surface area contributed by atoms with Crippen LogP contribution in [0.15, 0.2) is 0 Å². The zero-order valence-electron chi connectivity index (χ0n) is 12.5. The average molecular weight is 294 g/mol. The molecular weight excluding hydrogens is 270 g/mol. The molecule has 0 radical (unpaired) electrons. The van der Waals surface area contributed by atoms with Gasteiger partial charge in [-0.15, -0.1) is 10.2 Å². The Morgan fingerprint density at radius 1 is 1.15 bits per heavy atom. The van der Waals surface area contributed by atoms with Crippen LogP contribution in [0.5, 0.6) is 0 Å². The summed E-state index contributed by atoms with van der Waals surface area (Å²) in [4.78, 5) is 0. The highest BCUT2D eigenvalue weighted by Crippen LogP contribution is 2.63. The molecular formula is C16H24ClN3. The lowest BCUT2D eigenvalue weighted by Gasteiger charge is -2.59. The molecule has 0 spiro atoms. The van der Waals surface area contributed by atoms with Gasteiger partial charge in [-0.05, 0) is 80.2 Å². The summed E-state index contributed by atoms with van der Waals surface area (Å²) in [7, 11) is 0. The van der Waals surface area contributed by atoms with Gasteiger partial charge in [0.25, 0.3) is 0 Å². The summed E-state index contributed by atoms with van der Waals surface area (Å²) in [6.45, 7) is 4.50. The molecule has 4 aliphatic rings. The van der Waals surface area contributed by atoms with Crippen LogP contribution in [0.3, 0.4) is 0 Å². The van der Waals surface area contributed by atoms with E-state index in [2.05, 4.69) is 28.6 Å². The molecule has 5 rings (SSSR count). The number of rotatable bonds is 3. The maximum absolute atomic E-state index is 6.35. The summed E-state index contributed by atoms with van der Waals surface area (Å²) in [6.07, 6.45) is 9.58. The normalized spacial score (nSPS) is 40.2. The minimum atomic E-state index is 0.452. The van der Waals surface area contributed by atoms with Gasteiger partial charge < -0.3 is 0 Å². The number of hydrogen-bond donors (Lipinski definition) is 0. The van der Waals surface area contributed by atoms with E-state index in [0.29, 0.717) is 16.7 Å². The fraction of sp³-hybridized carbons (Fsp3) is 0.875. The molecule has 3 nitrogen and oxygen atoms in total. The second kappa shape index (κ2) is 4.46. The van der Waals surface area contributed by atoms with Gasteiger partial charge in [-0.3, -0.25) is 4.57 Å². The molecule has 0 saturated heterocycles. The Morgan fingerprint density at radius 2 is 1.70 bits per heavy atom. The minimum Gasteiger partial charge on any atom is -0.298 e. The van der Waals surface area contributed by atoms with Crippen LogP contribution in [-0.4, -0.2) is 14.8 Å². The molecule has 0 amide bonds. The first-order valence-corrected chi connectivity index (χ1v) is 8.58. The van der Waals surface area contributed by atoms with Gasteiger partial charge in [0, 0.05) is 12.5 Å². The molecule has 4 fully saturated rings. The van der Waals surface area contributed by atoms with Crippen LogP contribution in [0.1, 0.15) is 64.2 Å². The van der Waals surface area contributed by atoms with Crippen LogP contribution in [-0.2, 0) is 6.42 Å². The molecule has 1 atom stereocenters. The molecule has 0 aliphatic heterocycles. The van der Waals surface area contributed by atoms with E-state index in [-0.39, 0.29) is 0 Å². The molecule has 4 bridgehead atoms. The Labute approximate surface area is 126 Å². The lowest BCUT2D eigenvalue weighted by molar-refractivity contribution is -0.0792. The predicted molar refractivity (Wildman–Crippen MR) is 79.7 cm³/mol. The molecule has 0 aromatic carbocycles. The van der Waals surface area contributed by atoms with Crippen molar-refractivity contribution in [3.8, 4) is 0 Å². The number of nitrogens with zero attached hydrogens (tertiary/aromatic N) is 3. The van der Waals surface area contributed by atoms with Gasteiger partial charge in [0.1, 0.15) is 5.82 Å². The zero-order valence-corrected chi connectivity index (χ0v) is 13.2. The molecule has 1 unspecified atom stereocenters. The van der Waals surface area contributed by atoms with Crippen LogP contribution >= 0.6 is 11.6 Å². The number of aromatic nitrogens is 3. The molecule has 1 heterocycles. The quantitative estimate of drug-likeness (QED) is 0.833. The predicted octanol–water partition coefficient (Wildman–Crippen LogP) is 4.27. The van der Waals surface area contributed by atoms with Crippen molar-refractivity contribution in [2.75, 3.05) is 0 Å². The van der Waals surface area contributed by atoms with Crippen molar-refractivity contribution in [1.29, 1.82) is 0 Å². The van der Waals surface area contributed by atoms with Gasteiger partial charge in [0.15, 0.2) is 0 Å². The Hall–Kier alpha value is -0.570. The largest absolute Gasteiger partial charge is 0.298 e. The maximum atomic E-state index is 6.35. The molecule has 1 aromatic rings. The fourth-order valence-electron chi connectivity index (χ4n) is 5.89. The summed E-state index contributed by atoms with van der Waals surface area (Å²) in [5.74, 6) is 3.98. The van der Waals surface area contributed by atoms with E-state index < -0.39 is 0 Å². The second-order valence-electron chi connectivity index (χ2n) is 7.56. The van der Waals surface area contributed by atoms with Gasteiger partial charge in [0.05, 0.1) is 0 Å². The van der Waals surface area contributed by atoms with Crippen molar-refractivity contribution in [1.82, 2.24) is 14.8 Å². The highest BCUT2D eigenvalue weighted by Gasteiger charge is 2.54. The van der Waals surface area contributed by atoms with Gasteiger partial charge in [-0.1, -0.05) is 6.92 Å². The lowest BCUT2D eigenvalue weighted by Crippen LogP contribution is -2.49. The molecule has 4 aliphatic carbocycles. The average Bonchev–Trinajstić information content (AvgIpc) is 2.77. The Bertz CT molecular complexity index is 487. The van der Waals surface area contributed by atoms with Crippen LogP contribution in [0.25, 0.3) is 0 Å². The smallest absolute Gasteiger partial charge is 0.225 e. The fourth-order valence-corrected chi connectivity index (χ4v) is 6.17. The topological polar surface area (TPSA) is 30.7 Å². The van der Waals surface area contributed by atoms with Crippen LogP contribution in [0.2, 0.25) is 5.28 Å². The summed E-state index contributed by atoms with van der Waals surface area (Å²) in [5.41, 5.74) is 0.463. The first kappa shape index (κ1) is 13.1. The summed E-state index contributed by atoms with van der Waals surface area (Å²) in [5, 5.41) is 8.97. The van der Waals surface area contributed by atoms with Gasteiger partial charge >= 0.3 is 0 Å². The third kappa shape index (κ3) is 1.78. The Kier molecular flexibility index (Phi) is 2.93. The third-order valence-electron chi connectivity index (χ3n) is 6.40. The van der Waals surface area contributed by atoms with Crippen molar-refractivity contribution in [2.45, 2.75) is 64.8 Å². The Balaban J connectivity index is 1.71. The lowest BCUT2D eigenvalue weighted by atomic mass is 9.48. The number of halogens is 1. The zero-order chi connectivity index (χ0) is 13.9. The Morgan fingerprint density at radius 3 is 2.20 bits per heavy atom. The first-order valence-electron chi connectivity index (χ1n) is 8.20. The SMILES string of the molecule is CCc1nnc(Cl)n1C(C)C12CC3CC(CC(C3)C1)C2.